The highest BCUT2D eigenvalue weighted by Crippen LogP contribution is 2.29. The van der Waals surface area contributed by atoms with E-state index in [9.17, 15) is 4.79 Å². The molecule has 0 saturated heterocycles. The van der Waals surface area contributed by atoms with Crippen LogP contribution in [0.3, 0.4) is 0 Å². The second kappa shape index (κ2) is 6.99. The van der Waals surface area contributed by atoms with Gasteiger partial charge >= 0.3 is 0 Å². The van der Waals surface area contributed by atoms with Crippen LogP contribution in [0, 0.1) is 6.92 Å². The van der Waals surface area contributed by atoms with Crippen molar-refractivity contribution in [3.8, 4) is 22.7 Å². The van der Waals surface area contributed by atoms with Crippen molar-refractivity contribution in [2.45, 2.75) is 6.92 Å². The first-order valence-corrected chi connectivity index (χ1v) is 10.1. The fourth-order valence-corrected chi connectivity index (χ4v) is 4.25. The van der Waals surface area contributed by atoms with Crippen molar-refractivity contribution in [3.05, 3.63) is 91.9 Å². The summed E-state index contributed by atoms with van der Waals surface area (Å²) in [7, 11) is 0. The Labute approximate surface area is 174 Å². The van der Waals surface area contributed by atoms with Crippen LogP contribution in [-0.2, 0) is 0 Å². The molecule has 29 heavy (non-hydrogen) atoms. The molecule has 142 valence electrons. The number of furan rings is 1. The van der Waals surface area contributed by atoms with Crippen molar-refractivity contribution in [1.82, 2.24) is 14.6 Å². The molecule has 0 fully saturated rings. The molecule has 0 N–H and O–H groups in total. The highest BCUT2D eigenvalue weighted by atomic mass is 35.5. The third-order valence-corrected chi connectivity index (χ3v) is 5.90. The molecule has 7 heteroatoms. The molecule has 0 atom stereocenters. The Kier molecular flexibility index (Phi) is 4.30. The number of halogens is 1. The SMILES string of the molecule is Cc1ccccc1-c1nc2sc(=Cc3ccc(-c4ccccc4Cl)o3)c(=O)n2n1. The van der Waals surface area contributed by atoms with Crippen molar-refractivity contribution in [3.63, 3.8) is 0 Å². The summed E-state index contributed by atoms with van der Waals surface area (Å²) in [5, 5.41) is 5.02. The van der Waals surface area contributed by atoms with Gasteiger partial charge in [-0.15, -0.1) is 5.10 Å². The first kappa shape index (κ1) is 17.8. The van der Waals surface area contributed by atoms with Crippen LogP contribution in [0.25, 0.3) is 33.7 Å². The minimum Gasteiger partial charge on any atom is -0.457 e. The van der Waals surface area contributed by atoms with Gasteiger partial charge in [0.05, 0.1) is 5.02 Å². The van der Waals surface area contributed by atoms with Gasteiger partial charge in [0.1, 0.15) is 16.1 Å². The average Bonchev–Trinajstić information content (AvgIpc) is 3.41. The normalized spacial score (nSPS) is 12.1. The standard InChI is InChI=1S/C22H14ClN3O2S/c1-13-6-2-3-7-15(13)20-24-22-26(25-20)21(27)19(29-22)12-14-10-11-18(28-14)16-8-4-5-9-17(16)23/h2-12H,1H3. The molecular formula is C22H14ClN3O2S. The third-order valence-electron chi connectivity index (χ3n) is 4.61. The Morgan fingerprint density at radius 1 is 1.03 bits per heavy atom. The van der Waals surface area contributed by atoms with Gasteiger partial charge in [-0.3, -0.25) is 4.79 Å². The molecule has 5 rings (SSSR count). The number of aryl methyl sites for hydroxylation is 1. The zero-order chi connectivity index (χ0) is 20.0. The minimum absolute atomic E-state index is 0.215. The molecule has 0 aliphatic carbocycles. The van der Waals surface area contributed by atoms with Crippen LogP contribution in [0.5, 0.6) is 0 Å². The summed E-state index contributed by atoms with van der Waals surface area (Å²) in [4.78, 5) is 17.9. The summed E-state index contributed by atoms with van der Waals surface area (Å²) < 4.78 is 7.72. The van der Waals surface area contributed by atoms with Crippen molar-refractivity contribution >= 4 is 34.0 Å². The summed E-state index contributed by atoms with van der Waals surface area (Å²) in [6.07, 6.45) is 1.71. The molecule has 2 aromatic carbocycles. The maximum Gasteiger partial charge on any atom is 0.291 e. The van der Waals surface area contributed by atoms with Crippen molar-refractivity contribution in [1.29, 1.82) is 0 Å². The predicted octanol–water partition coefficient (Wildman–Crippen LogP) is 4.59. The number of nitrogens with zero attached hydrogens (tertiary/aromatic N) is 3. The van der Waals surface area contributed by atoms with Gasteiger partial charge < -0.3 is 4.42 Å². The summed E-state index contributed by atoms with van der Waals surface area (Å²) in [5.74, 6) is 1.77. The monoisotopic (exact) mass is 419 g/mol. The van der Waals surface area contributed by atoms with E-state index in [1.165, 1.54) is 15.9 Å². The lowest BCUT2D eigenvalue weighted by molar-refractivity contribution is 0.571. The highest BCUT2D eigenvalue weighted by Gasteiger charge is 2.14. The van der Waals surface area contributed by atoms with E-state index in [2.05, 4.69) is 10.1 Å². The van der Waals surface area contributed by atoms with Crippen LogP contribution < -0.4 is 10.1 Å². The van der Waals surface area contributed by atoms with Gasteiger partial charge in [-0.05, 0) is 36.8 Å². The fourth-order valence-electron chi connectivity index (χ4n) is 3.14. The summed E-state index contributed by atoms with van der Waals surface area (Å²) in [6, 6.07) is 19.0. The molecule has 3 aromatic heterocycles. The van der Waals surface area contributed by atoms with Crippen molar-refractivity contribution in [2.75, 3.05) is 0 Å². The third kappa shape index (κ3) is 3.16. The lowest BCUT2D eigenvalue weighted by Crippen LogP contribution is -2.23. The number of fused-ring (bicyclic) bond motifs is 1. The van der Waals surface area contributed by atoms with Gasteiger partial charge in [-0.2, -0.15) is 9.50 Å². The van der Waals surface area contributed by atoms with Gasteiger partial charge in [0.15, 0.2) is 5.82 Å². The topological polar surface area (TPSA) is 60.4 Å². The Balaban J connectivity index is 1.55. The number of thiazole rings is 1. The summed E-state index contributed by atoms with van der Waals surface area (Å²) in [5.41, 5.74) is 2.58. The average molecular weight is 420 g/mol. The lowest BCUT2D eigenvalue weighted by Gasteiger charge is -1.98. The van der Waals surface area contributed by atoms with Crippen LogP contribution in [0.1, 0.15) is 11.3 Å². The summed E-state index contributed by atoms with van der Waals surface area (Å²) in [6.45, 7) is 2.00. The number of hydrogen-bond donors (Lipinski definition) is 0. The minimum atomic E-state index is -0.215. The van der Waals surface area contributed by atoms with E-state index in [4.69, 9.17) is 16.0 Å². The van der Waals surface area contributed by atoms with E-state index in [1.54, 1.807) is 6.08 Å². The quantitative estimate of drug-likeness (QED) is 0.429. The van der Waals surface area contributed by atoms with Gasteiger partial charge in [0.2, 0.25) is 4.96 Å². The molecule has 0 radical (unpaired) electrons. The Morgan fingerprint density at radius 3 is 2.55 bits per heavy atom. The van der Waals surface area contributed by atoms with E-state index in [0.29, 0.717) is 31.9 Å². The van der Waals surface area contributed by atoms with Crippen LogP contribution in [0.2, 0.25) is 5.02 Å². The maximum absolute atomic E-state index is 12.8. The first-order chi connectivity index (χ1) is 14.1. The zero-order valence-corrected chi connectivity index (χ0v) is 16.9. The van der Waals surface area contributed by atoms with E-state index < -0.39 is 0 Å². The van der Waals surface area contributed by atoms with E-state index in [-0.39, 0.29) is 5.56 Å². The molecule has 0 unspecified atom stereocenters. The van der Waals surface area contributed by atoms with E-state index >= 15 is 0 Å². The van der Waals surface area contributed by atoms with Crippen molar-refractivity contribution in [2.24, 2.45) is 0 Å². The van der Waals surface area contributed by atoms with Gasteiger partial charge in [0.25, 0.3) is 5.56 Å². The number of rotatable bonds is 3. The molecular weight excluding hydrogens is 406 g/mol. The highest BCUT2D eigenvalue weighted by molar-refractivity contribution is 7.15. The van der Waals surface area contributed by atoms with Crippen LogP contribution in [0.15, 0.2) is 69.9 Å². The lowest BCUT2D eigenvalue weighted by atomic mass is 10.1. The zero-order valence-electron chi connectivity index (χ0n) is 15.3. The van der Waals surface area contributed by atoms with Gasteiger partial charge in [-0.1, -0.05) is 59.3 Å². The largest absolute Gasteiger partial charge is 0.457 e. The molecule has 5 aromatic rings. The number of aromatic nitrogens is 3. The van der Waals surface area contributed by atoms with E-state index in [1.807, 2.05) is 67.6 Å². The number of hydrogen-bond acceptors (Lipinski definition) is 5. The predicted molar refractivity (Wildman–Crippen MR) is 115 cm³/mol. The smallest absolute Gasteiger partial charge is 0.291 e. The first-order valence-electron chi connectivity index (χ1n) is 8.92. The molecule has 5 nitrogen and oxygen atoms in total. The van der Waals surface area contributed by atoms with Crippen LogP contribution in [0.4, 0.5) is 0 Å². The fraction of sp³-hybridized carbons (Fsp3) is 0.0455. The second-order valence-electron chi connectivity index (χ2n) is 6.54. The second-order valence-corrected chi connectivity index (χ2v) is 7.96. The van der Waals surface area contributed by atoms with Crippen LogP contribution in [-0.4, -0.2) is 14.6 Å². The maximum atomic E-state index is 12.8. The van der Waals surface area contributed by atoms with Gasteiger partial charge in [-0.25, -0.2) is 0 Å². The molecule has 0 saturated carbocycles. The Bertz CT molecular complexity index is 1470. The molecule has 0 bridgehead atoms. The van der Waals surface area contributed by atoms with Crippen LogP contribution >= 0.6 is 22.9 Å². The Morgan fingerprint density at radius 2 is 1.79 bits per heavy atom. The summed E-state index contributed by atoms with van der Waals surface area (Å²) >= 11 is 7.51. The molecule has 0 spiro atoms. The van der Waals surface area contributed by atoms with E-state index in [0.717, 1.165) is 16.7 Å². The molecule has 3 heterocycles. The molecule has 0 amide bonds. The van der Waals surface area contributed by atoms with Gasteiger partial charge in [0, 0.05) is 17.2 Å². The Hall–Kier alpha value is -3.22. The molecule has 0 aliphatic rings. The number of benzene rings is 2. The van der Waals surface area contributed by atoms with Crippen molar-refractivity contribution < 1.29 is 4.42 Å². The molecule has 0 aliphatic heterocycles.